The molecule has 3 heteroatoms. The van der Waals surface area contributed by atoms with Crippen molar-refractivity contribution in [3.63, 3.8) is 0 Å². The molecule has 0 bridgehead atoms. The van der Waals surface area contributed by atoms with Gasteiger partial charge in [-0.15, -0.1) is 0 Å². The summed E-state index contributed by atoms with van der Waals surface area (Å²) in [4.78, 5) is 8.30. The van der Waals surface area contributed by atoms with Crippen LogP contribution < -0.4 is 0 Å². The van der Waals surface area contributed by atoms with E-state index in [-0.39, 0.29) is 12.6 Å². The highest BCUT2D eigenvalue weighted by Gasteiger charge is 2.21. The SMILES string of the molecule is CC[C@@H](CO)N=C1CCCc2c1[nH]c1ccc(C)cc21. The van der Waals surface area contributed by atoms with Crippen LogP contribution in [-0.4, -0.2) is 28.5 Å². The second-order valence-electron chi connectivity index (χ2n) is 5.70. The van der Waals surface area contributed by atoms with Crippen molar-refractivity contribution in [1.82, 2.24) is 4.98 Å². The Balaban J connectivity index is 2.11. The van der Waals surface area contributed by atoms with Gasteiger partial charge < -0.3 is 10.1 Å². The zero-order valence-corrected chi connectivity index (χ0v) is 12.2. The van der Waals surface area contributed by atoms with Gasteiger partial charge in [0.25, 0.3) is 0 Å². The monoisotopic (exact) mass is 270 g/mol. The van der Waals surface area contributed by atoms with Crippen molar-refractivity contribution >= 4 is 16.6 Å². The predicted octanol–water partition coefficient (Wildman–Crippen LogP) is 3.37. The van der Waals surface area contributed by atoms with Gasteiger partial charge in [0.05, 0.1) is 24.1 Å². The second-order valence-corrected chi connectivity index (χ2v) is 5.70. The van der Waals surface area contributed by atoms with Crippen molar-refractivity contribution in [2.45, 2.75) is 45.6 Å². The van der Waals surface area contributed by atoms with E-state index < -0.39 is 0 Å². The standard InChI is InChI=1S/C17H22N2O/c1-3-12(10-20)18-16-6-4-5-13-14-9-11(2)7-8-15(14)19-17(13)16/h7-9,12,19-20H,3-6,10H2,1-2H3/t12-/m0/s1. The van der Waals surface area contributed by atoms with Crippen molar-refractivity contribution in [1.29, 1.82) is 0 Å². The van der Waals surface area contributed by atoms with Crippen LogP contribution in [0.5, 0.6) is 0 Å². The van der Waals surface area contributed by atoms with Crippen molar-refractivity contribution in [3.05, 3.63) is 35.0 Å². The Morgan fingerprint density at radius 2 is 2.20 bits per heavy atom. The molecule has 1 aliphatic rings. The van der Waals surface area contributed by atoms with Gasteiger partial charge in [-0.2, -0.15) is 0 Å². The molecule has 1 heterocycles. The fourth-order valence-corrected chi connectivity index (χ4v) is 3.04. The van der Waals surface area contributed by atoms with E-state index in [0.29, 0.717) is 0 Å². The smallest absolute Gasteiger partial charge is 0.0731 e. The molecule has 1 atom stereocenters. The number of aliphatic hydroxyl groups excluding tert-OH is 1. The number of H-pyrrole nitrogens is 1. The third kappa shape index (κ3) is 2.27. The molecule has 3 nitrogen and oxygen atoms in total. The number of aliphatic imine (C=N–C) groups is 1. The van der Waals surface area contributed by atoms with Gasteiger partial charge >= 0.3 is 0 Å². The van der Waals surface area contributed by atoms with Gasteiger partial charge in [-0.05, 0) is 50.3 Å². The van der Waals surface area contributed by atoms with Gasteiger partial charge in [0.1, 0.15) is 0 Å². The van der Waals surface area contributed by atoms with Crippen LogP contribution >= 0.6 is 0 Å². The minimum absolute atomic E-state index is 0.0316. The number of hydrogen-bond donors (Lipinski definition) is 2. The molecule has 0 saturated heterocycles. The van der Waals surface area contributed by atoms with E-state index in [4.69, 9.17) is 4.99 Å². The molecule has 0 amide bonds. The van der Waals surface area contributed by atoms with Crippen LogP contribution in [-0.2, 0) is 6.42 Å². The first kappa shape index (κ1) is 13.4. The molecule has 0 fully saturated rings. The molecular weight excluding hydrogens is 248 g/mol. The molecule has 1 aromatic carbocycles. The number of rotatable bonds is 3. The van der Waals surface area contributed by atoms with Gasteiger partial charge in [-0.1, -0.05) is 18.6 Å². The lowest BCUT2D eigenvalue weighted by Crippen LogP contribution is -2.17. The molecule has 0 aliphatic heterocycles. The molecule has 0 spiro atoms. The third-order valence-electron chi connectivity index (χ3n) is 4.21. The van der Waals surface area contributed by atoms with Crippen LogP contribution in [0.25, 0.3) is 10.9 Å². The minimum Gasteiger partial charge on any atom is -0.394 e. The molecular formula is C17H22N2O. The quantitative estimate of drug-likeness (QED) is 0.882. The van der Waals surface area contributed by atoms with Crippen LogP contribution in [0.2, 0.25) is 0 Å². The minimum atomic E-state index is 0.0316. The Labute approximate surface area is 119 Å². The summed E-state index contributed by atoms with van der Waals surface area (Å²) in [6.45, 7) is 4.34. The van der Waals surface area contributed by atoms with E-state index in [0.717, 1.165) is 31.4 Å². The van der Waals surface area contributed by atoms with Crippen molar-refractivity contribution in [2.24, 2.45) is 4.99 Å². The van der Waals surface area contributed by atoms with Crippen LogP contribution in [0.3, 0.4) is 0 Å². The van der Waals surface area contributed by atoms with Crippen molar-refractivity contribution in [3.8, 4) is 0 Å². The fourth-order valence-electron chi connectivity index (χ4n) is 3.04. The summed E-state index contributed by atoms with van der Waals surface area (Å²) in [6, 6.07) is 6.59. The zero-order valence-electron chi connectivity index (χ0n) is 12.2. The first-order valence-corrected chi connectivity index (χ1v) is 7.52. The molecule has 2 aromatic rings. The van der Waals surface area contributed by atoms with E-state index in [9.17, 15) is 5.11 Å². The van der Waals surface area contributed by atoms with E-state index >= 15 is 0 Å². The normalized spacial score (nSPS) is 18.4. The number of benzene rings is 1. The molecule has 1 aliphatic carbocycles. The number of aromatic amines is 1. The Morgan fingerprint density at radius 3 is 2.95 bits per heavy atom. The van der Waals surface area contributed by atoms with Gasteiger partial charge in [0.2, 0.25) is 0 Å². The third-order valence-corrected chi connectivity index (χ3v) is 4.21. The first-order valence-electron chi connectivity index (χ1n) is 7.52. The number of aryl methyl sites for hydroxylation is 2. The number of hydrogen-bond acceptors (Lipinski definition) is 2. The summed E-state index contributed by atoms with van der Waals surface area (Å²) in [7, 11) is 0. The molecule has 0 radical (unpaired) electrons. The predicted molar refractivity (Wildman–Crippen MR) is 83.7 cm³/mol. The summed E-state index contributed by atoms with van der Waals surface area (Å²) in [5.41, 5.74) is 6.24. The number of fused-ring (bicyclic) bond motifs is 3. The van der Waals surface area contributed by atoms with E-state index in [1.54, 1.807) is 0 Å². The highest BCUT2D eigenvalue weighted by molar-refractivity contribution is 6.06. The molecule has 1 aromatic heterocycles. The van der Waals surface area contributed by atoms with Crippen LogP contribution in [0.1, 0.15) is 43.0 Å². The Bertz CT molecular complexity index is 650. The number of nitrogens with zero attached hydrogens (tertiary/aromatic N) is 1. The summed E-state index contributed by atoms with van der Waals surface area (Å²) in [5, 5.41) is 10.7. The van der Waals surface area contributed by atoms with Gasteiger partial charge in [0, 0.05) is 10.9 Å². The molecule has 0 saturated carbocycles. The highest BCUT2D eigenvalue weighted by atomic mass is 16.3. The number of nitrogens with one attached hydrogen (secondary N) is 1. The Hall–Kier alpha value is -1.61. The van der Waals surface area contributed by atoms with Gasteiger partial charge in [-0.3, -0.25) is 4.99 Å². The van der Waals surface area contributed by atoms with Crippen LogP contribution in [0, 0.1) is 6.92 Å². The van der Waals surface area contributed by atoms with Gasteiger partial charge in [-0.25, -0.2) is 0 Å². The highest BCUT2D eigenvalue weighted by Crippen LogP contribution is 2.30. The Morgan fingerprint density at radius 1 is 1.35 bits per heavy atom. The lowest BCUT2D eigenvalue weighted by molar-refractivity contribution is 0.264. The van der Waals surface area contributed by atoms with E-state index in [1.807, 2.05) is 0 Å². The average Bonchev–Trinajstić information content (AvgIpc) is 2.83. The summed E-state index contributed by atoms with van der Waals surface area (Å²) in [5.74, 6) is 0. The van der Waals surface area contributed by atoms with Gasteiger partial charge in [0.15, 0.2) is 0 Å². The summed E-state index contributed by atoms with van der Waals surface area (Å²) < 4.78 is 0. The maximum Gasteiger partial charge on any atom is 0.0731 e. The largest absolute Gasteiger partial charge is 0.394 e. The van der Waals surface area contributed by atoms with Crippen molar-refractivity contribution < 1.29 is 5.11 Å². The molecule has 0 unspecified atom stereocenters. The molecule has 3 rings (SSSR count). The zero-order chi connectivity index (χ0) is 14.1. The van der Waals surface area contributed by atoms with Crippen LogP contribution in [0.4, 0.5) is 0 Å². The summed E-state index contributed by atoms with van der Waals surface area (Å²) >= 11 is 0. The molecule has 2 N–H and O–H groups in total. The van der Waals surface area contributed by atoms with Crippen LogP contribution in [0.15, 0.2) is 23.2 Å². The first-order chi connectivity index (χ1) is 9.72. The Kier molecular flexibility index (Phi) is 3.62. The van der Waals surface area contributed by atoms with E-state index in [1.165, 1.54) is 27.7 Å². The summed E-state index contributed by atoms with van der Waals surface area (Å²) in [6.07, 6.45) is 4.16. The van der Waals surface area contributed by atoms with Crippen molar-refractivity contribution in [2.75, 3.05) is 6.61 Å². The second kappa shape index (κ2) is 5.41. The maximum atomic E-state index is 9.36. The average molecular weight is 270 g/mol. The fraction of sp³-hybridized carbons (Fsp3) is 0.471. The lowest BCUT2D eigenvalue weighted by atomic mass is 9.93. The maximum absolute atomic E-state index is 9.36. The molecule has 106 valence electrons. The topological polar surface area (TPSA) is 48.4 Å². The van der Waals surface area contributed by atoms with E-state index in [2.05, 4.69) is 37.0 Å². The lowest BCUT2D eigenvalue weighted by Gasteiger charge is -2.17. The number of aliphatic hydroxyl groups is 1. The number of aromatic nitrogens is 1. The molecule has 20 heavy (non-hydrogen) atoms.